The highest BCUT2D eigenvalue weighted by Gasteiger charge is 2.30. The van der Waals surface area contributed by atoms with E-state index in [0.717, 1.165) is 6.07 Å². The van der Waals surface area contributed by atoms with Gasteiger partial charge in [-0.1, -0.05) is 12.1 Å². The molecule has 0 saturated carbocycles. The van der Waals surface area contributed by atoms with Crippen LogP contribution in [0.15, 0.2) is 36.4 Å². The number of carbonyl (C=O) groups is 4. The molecule has 0 saturated heterocycles. The number of ether oxygens (including phenoxy) is 2. The third-order valence-electron chi connectivity index (χ3n) is 4.18. The molecule has 0 radical (unpaired) electrons. The number of anilines is 2. The zero-order valence-corrected chi connectivity index (χ0v) is 16.2. The molecule has 12 heteroatoms. The third-order valence-corrected chi connectivity index (χ3v) is 4.18. The van der Waals surface area contributed by atoms with Crippen molar-refractivity contribution in [1.29, 1.82) is 0 Å². The Morgan fingerprint density at radius 1 is 1.03 bits per heavy atom. The van der Waals surface area contributed by atoms with Gasteiger partial charge in [0.15, 0.2) is 30.2 Å². The van der Waals surface area contributed by atoms with Gasteiger partial charge in [-0.15, -0.1) is 0 Å². The summed E-state index contributed by atoms with van der Waals surface area (Å²) in [5.74, 6) is -7.62. The molecule has 32 heavy (non-hydrogen) atoms. The van der Waals surface area contributed by atoms with Gasteiger partial charge < -0.3 is 25.4 Å². The van der Waals surface area contributed by atoms with Crippen LogP contribution in [-0.2, 0) is 23.9 Å². The first-order valence-corrected chi connectivity index (χ1v) is 9.17. The molecule has 1 heterocycles. The summed E-state index contributed by atoms with van der Waals surface area (Å²) >= 11 is 0. The van der Waals surface area contributed by atoms with Crippen molar-refractivity contribution in [3.05, 3.63) is 53.8 Å². The minimum atomic E-state index is -1.75. The number of esters is 1. The molecule has 0 aromatic heterocycles. The fourth-order valence-electron chi connectivity index (χ4n) is 2.63. The quantitative estimate of drug-likeness (QED) is 0.433. The van der Waals surface area contributed by atoms with Crippen LogP contribution in [0.25, 0.3) is 0 Å². The van der Waals surface area contributed by atoms with Crippen molar-refractivity contribution in [2.24, 2.45) is 0 Å². The zero-order valence-electron chi connectivity index (χ0n) is 16.2. The van der Waals surface area contributed by atoms with Crippen LogP contribution < -0.4 is 20.7 Å². The van der Waals surface area contributed by atoms with Gasteiger partial charge in [-0.2, -0.15) is 0 Å². The Bertz CT molecular complexity index is 1080. The summed E-state index contributed by atoms with van der Waals surface area (Å²) < 4.78 is 49.7. The molecule has 2 aromatic rings. The lowest BCUT2D eigenvalue weighted by Crippen LogP contribution is -2.39. The maximum absolute atomic E-state index is 13.5. The number of para-hydroxylation sites is 2. The molecule has 2 aromatic carbocycles. The van der Waals surface area contributed by atoms with Gasteiger partial charge in [-0.25, -0.2) is 13.2 Å². The molecule has 3 amide bonds. The predicted molar refractivity (Wildman–Crippen MR) is 103 cm³/mol. The Balaban J connectivity index is 1.40. The van der Waals surface area contributed by atoms with E-state index in [1.54, 1.807) is 24.3 Å². The van der Waals surface area contributed by atoms with Crippen LogP contribution in [0.2, 0.25) is 0 Å². The molecule has 3 rings (SSSR count). The zero-order chi connectivity index (χ0) is 23.3. The number of benzene rings is 2. The number of halogens is 3. The lowest BCUT2D eigenvalue weighted by molar-refractivity contribution is -0.151. The van der Waals surface area contributed by atoms with Crippen molar-refractivity contribution in [2.75, 3.05) is 23.8 Å². The Morgan fingerprint density at radius 3 is 2.56 bits per heavy atom. The van der Waals surface area contributed by atoms with Crippen LogP contribution in [0.3, 0.4) is 0 Å². The molecule has 1 atom stereocenters. The topological polar surface area (TPSA) is 123 Å². The normalized spacial score (nSPS) is 14.5. The Kier molecular flexibility index (Phi) is 6.93. The molecule has 3 N–H and O–H groups in total. The number of hydrogen-bond acceptors (Lipinski definition) is 6. The summed E-state index contributed by atoms with van der Waals surface area (Å²) in [5, 5.41) is 6.64. The summed E-state index contributed by atoms with van der Waals surface area (Å²) in [7, 11) is 0. The Morgan fingerprint density at radius 2 is 1.78 bits per heavy atom. The van der Waals surface area contributed by atoms with Gasteiger partial charge in [-0.05, 0) is 24.3 Å². The largest absolute Gasteiger partial charge is 0.478 e. The minimum Gasteiger partial charge on any atom is -0.478 e. The average Bonchev–Trinajstić information content (AvgIpc) is 2.77. The van der Waals surface area contributed by atoms with Gasteiger partial charge in [0.1, 0.15) is 5.75 Å². The average molecular weight is 451 g/mol. The molecule has 0 aliphatic carbocycles. The third kappa shape index (κ3) is 5.53. The highest BCUT2D eigenvalue weighted by atomic mass is 19.2. The van der Waals surface area contributed by atoms with E-state index in [4.69, 9.17) is 9.47 Å². The summed E-state index contributed by atoms with van der Waals surface area (Å²) in [6.45, 7) is -1.41. The van der Waals surface area contributed by atoms with Crippen molar-refractivity contribution in [3.8, 4) is 5.75 Å². The first kappa shape index (κ1) is 22.6. The van der Waals surface area contributed by atoms with Crippen LogP contribution >= 0.6 is 0 Å². The van der Waals surface area contributed by atoms with Crippen molar-refractivity contribution < 1.29 is 41.8 Å². The first-order valence-electron chi connectivity index (χ1n) is 9.17. The second-order valence-corrected chi connectivity index (χ2v) is 6.50. The molecule has 168 valence electrons. The van der Waals surface area contributed by atoms with Gasteiger partial charge in [0.25, 0.3) is 11.8 Å². The van der Waals surface area contributed by atoms with E-state index in [1.165, 1.54) is 0 Å². The standard InChI is InChI=1S/C20H16F3N3O6/c21-10-5-6-12(19(23)18(10)22)25-15(27)8-24-16(28)9-31-17(29)7-14-20(30)26-11-3-1-2-4-13(11)32-14/h1-6,14H,7-9H2,(H,24,28)(H,25,27)(H,26,30). The second-order valence-electron chi connectivity index (χ2n) is 6.50. The highest BCUT2D eigenvalue weighted by Crippen LogP contribution is 2.29. The number of fused-ring (bicyclic) bond motifs is 1. The lowest BCUT2D eigenvalue weighted by Gasteiger charge is -2.25. The van der Waals surface area contributed by atoms with E-state index in [2.05, 4.69) is 10.6 Å². The molecule has 0 bridgehead atoms. The molecule has 1 unspecified atom stereocenters. The van der Waals surface area contributed by atoms with Crippen LogP contribution in [0.1, 0.15) is 6.42 Å². The molecular weight excluding hydrogens is 435 g/mol. The molecule has 1 aliphatic heterocycles. The second kappa shape index (κ2) is 9.81. The minimum absolute atomic E-state index is 0.381. The van der Waals surface area contributed by atoms with Gasteiger partial charge in [0.05, 0.1) is 24.3 Å². The summed E-state index contributed by atoms with van der Waals surface area (Å²) in [4.78, 5) is 47.3. The Hall–Kier alpha value is -4.09. The van der Waals surface area contributed by atoms with Gasteiger partial charge >= 0.3 is 5.97 Å². The first-order chi connectivity index (χ1) is 15.2. The number of carbonyl (C=O) groups excluding carboxylic acids is 4. The van der Waals surface area contributed by atoms with E-state index in [9.17, 15) is 32.3 Å². The van der Waals surface area contributed by atoms with Crippen LogP contribution in [0.5, 0.6) is 5.75 Å². The number of hydrogen-bond donors (Lipinski definition) is 3. The number of amides is 3. The maximum atomic E-state index is 13.5. The smallest absolute Gasteiger partial charge is 0.310 e. The van der Waals surface area contributed by atoms with Crippen molar-refractivity contribution in [1.82, 2.24) is 5.32 Å². The monoisotopic (exact) mass is 451 g/mol. The van der Waals surface area contributed by atoms with Gasteiger partial charge in [0.2, 0.25) is 5.91 Å². The summed E-state index contributed by atoms with van der Waals surface area (Å²) in [5.41, 5.74) is -0.148. The van der Waals surface area contributed by atoms with Crippen molar-refractivity contribution >= 4 is 35.1 Å². The number of rotatable bonds is 7. The SMILES string of the molecule is O=C(COC(=O)CC1Oc2ccccc2NC1=O)NCC(=O)Nc1ccc(F)c(F)c1F. The van der Waals surface area contributed by atoms with E-state index in [-0.39, 0.29) is 0 Å². The molecule has 0 fully saturated rings. The van der Waals surface area contributed by atoms with E-state index in [1.807, 2.05) is 5.32 Å². The van der Waals surface area contributed by atoms with E-state index < -0.39 is 72.5 Å². The Labute approximate surface area is 178 Å². The van der Waals surface area contributed by atoms with Crippen LogP contribution in [0.4, 0.5) is 24.5 Å². The van der Waals surface area contributed by atoms with E-state index >= 15 is 0 Å². The molecule has 0 spiro atoms. The van der Waals surface area contributed by atoms with Crippen molar-refractivity contribution in [3.63, 3.8) is 0 Å². The summed E-state index contributed by atoms with van der Waals surface area (Å²) in [6.07, 6.45) is -1.60. The van der Waals surface area contributed by atoms with Crippen molar-refractivity contribution in [2.45, 2.75) is 12.5 Å². The molecular formula is C20H16F3N3O6. The predicted octanol–water partition coefficient (Wildman–Crippen LogP) is 1.49. The highest BCUT2D eigenvalue weighted by molar-refractivity contribution is 5.99. The lowest BCUT2D eigenvalue weighted by atomic mass is 10.1. The summed E-state index contributed by atoms with van der Waals surface area (Å²) in [6, 6.07) is 8.07. The van der Waals surface area contributed by atoms with Gasteiger partial charge in [0, 0.05) is 0 Å². The number of nitrogens with one attached hydrogen (secondary N) is 3. The van der Waals surface area contributed by atoms with E-state index in [0.29, 0.717) is 17.5 Å². The van der Waals surface area contributed by atoms with Crippen LogP contribution in [-0.4, -0.2) is 42.9 Å². The molecule has 1 aliphatic rings. The fourth-order valence-corrected chi connectivity index (χ4v) is 2.63. The van der Waals surface area contributed by atoms with Crippen LogP contribution in [0, 0.1) is 17.5 Å². The fraction of sp³-hybridized carbons (Fsp3) is 0.200. The maximum Gasteiger partial charge on any atom is 0.310 e. The molecule has 9 nitrogen and oxygen atoms in total. The van der Waals surface area contributed by atoms with Gasteiger partial charge in [-0.3, -0.25) is 19.2 Å².